The average molecular weight is 310 g/mol. The highest BCUT2D eigenvalue weighted by molar-refractivity contribution is 6.33. The van der Waals surface area contributed by atoms with Crippen LogP contribution in [0.5, 0.6) is 5.75 Å². The number of anilines is 1. The van der Waals surface area contributed by atoms with E-state index in [2.05, 4.69) is 0 Å². The van der Waals surface area contributed by atoms with Gasteiger partial charge < -0.3 is 10.8 Å². The predicted molar refractivity (Wildman–Crippen MR) is 62.8 cm³/mol. The summed E-state index contributed by atoms with van der Waals surface area (Å²) in [5.41, 5.74) is 3.26. The van der Waals surface area contributed by atoms with Gasteiger partial charge in [-0.05, 0) is 6.07 Å². The number of phenolic OH excluding ortho intramolecular Hbond substituents is 1. The van der Waals surface area contributed by atoms with Crippen molar-refractivity contribution in [1.29, 1.82) is 0 Å². The van der Waals surface area contributed by atoms with Crippen molar-refractivity contribution >= 4 is 17.3 Å². The summed E-state index contributed by atoms with van der Waals surface area (Å²) in [6.45, 7) is 0. The summed E-state index contributed by atoms with van der Waals surface area (Å²) in [6.07, 6.45) is 0. The first-order valence-corrected chi connectivity index (χ1v) is 5.43. The normalized spacial score (nSPS) is 10.9. The first-order valence-electron chi connectivity index (χ1n) is 5.05. The zero-order valence-corrected chi connectivity index (χ0v) is 10.2. The molecule has 2 aromatic rings. The van der Waals surface area contributed by atoms with Crippen LogP contribution in [0.4, 0.5) is 27.6 Å². The molecule has 0 spiro atoms. The van der Waals surface area contributed by atoms with Crippen molar-refractivity contribution in [1.82, 2.24) is 0 Å². The van der Waals surface area contributed by atoms with Crippen LogP contribution in [0.1, 0.15) is 0 Å². The summed E-state index contributed by atoms with van der Waals surface area (Å²) in [4.78, 5) is 0. The van der Waals surface area contributed by atoms with E-state index in [0.29, 0.717) is 0 Å². The fourth-order valence-corrected chi connectivity index (χ4v) is 1.86. The van der Waals surface area contributed by atoms with Crippen molar-refractivity contribution in [2.45, 2.75) is 0 Å². The molecule has 0 unspecified atom stereocenters. The minimum Gasteiger partial charge on any atom is -0.506 e. The van der Waals surface area contributed by atoms with E-state index in [1.54, 1.807) is 0 Å². The number of rotatable bonds is 1. The Morgan fingerprint density at radius 2 is 1.30 bits per heavy atom. The Bertz CT molecular complexity index is 691. The quantitative estimate of drug-likeness (QED) is 0.275. The molecule has 0 heterocycles. The van der Waals surface area contributed by atoms with Crippen LogP contribution in [-0.2, 0) is 0 Å². The lowest BCUT2D eigenvalue weighted by Crippen LogP contribution is -2.04. The Kier molecular flexibility index (Phi) is 3.47. The number of phenols is 1. The molecular formula is C12H5ClF5NO. The molecule has 0 bridgehead atoms. The second kappa shape index (κ2) is 4.82. The van der Waals surface area contributed by atoms with Crippen molar-refractivity contribution in [3.63, 3.8) is 0 Å². The molecule has 0 saturated carbocycles. The van der Waals surface area contributed by atoms with Gasteiger partial charge >= 0.3 is 0 Å². The molecule has 0 atom stereocenters. The molecule has 2 rings (SSSR count). The van der Waals surface area contributed by atoms with Gasteiger partial charge in [-0.1, -0.05) is 11.6 Å². The Morgan fingerprint density at radius 1 is 0.850 bits per heavy atom. The SMILES string of the molecule is Nc1cc(-c2c(F)c(F)c(F)c(F)c2F)c(Cl)cc1O. The minimum absolute atomic E-state index is 0.326. The number of nitrogen functional groups attached to an aromatic ring is 1. The van der Waals surface area contributed by atoms with Crippen LogP contribution in [0, 0.1) is 29.1 Å². The molecule has 106 valence electrons. The van der Waals surface area contributed by atoms with Gasteiger partial charge in [0.25, 0.3) is 0 Å². The number of hydrogen-bond acceptors (Lipinski definition) is 2. The standard InChI is InChI=1S/C12H5ClF5NO/c13-4-2-6(20)5(19)1-3(4)7-8(14)10(16)12(18)11(17)9(7)15/h1-2,20H,19H2. The summed E-state index contributed by atoms with van der Waals surface area (Å²) < 4.78 is 66.4. The summed E-state index contributed by atoms with van der Waals surface area (Å²) in [7, 11) is 0. The van der Waals surface area contributed by atoms with Gasteiger partial charge in [0.15, 0.2) is 23.3 Å². The topological polar surface area (TPSA) is 46.2 Å². The van der Waals surface area contributed by atoms with Gasteiger partial charge in [-0.3, -0.25) is 0 Å². The van der Waals surface area contributed by atoms with E-state index in [1.807, 2.05) is 0 Å². The first-order chi connectivity index (χ1) is 9.25. The van der Waals surface area contributed by atoms with E-state index in [4.69, 9.17) is 17.3 Å². The van der Waals surface area contributed by atoms with Crippen LogP contribution >= 0.6 is 11.6 Å². The highest BCUT2D eigenvalue weighted by Gasteiger charge is 2.28. The molecule has 0 aliphatic carbocycles. The maximum atomic E-state index is 13.6. The molecular weight excluding hydrogens is 305 g/mol. The third-order valence-corrected chi connectivity index (χ3v) is 2.91. The largest absolute Gasteiger partial charge is 0.506 e. The number of benzene rings is 2. The summed E-state index contributed by atoms with van der Waals surface area (Å²) in [5, 5.41) is 8.84. The van der Waals surface area contributed by atoms with Crippen molar-refractivity contribution in [2.24, 2.45) is 0 Å². The molecule has 0 fully saturated rings. The Hall–Kier alpha value is -2.02. The van der Waals surface area contributed by atoms with Crippen LogP contribution in [0.2, 0.25) is 5.02 Å². The zero-order chi connectivity index (χ0) is 15.2. The summed E-state index contributed by atoms with van der Waals surface area (Å²) in [6, 6.07) is 1.65. The van der Waals surface area contributed by atoms with E-state index in [0.717, 1.165) is 12.1 Å². The highest BCUT2D eigenvalue weighted by atomic mass is 35.5. The number of nitrogens with two attached hydrogens (primary N) is 1. The van der Waals surface area contributed by atoms with Crippen molar-refractivity contribution in [2.75, 3.05) is 5.73 Å². The smallest absolute Gasteiger partial charge is 0.200 e. The second-order valence-electron chi connectivity index (χ2n) is 3.84. The molecule has 0 radical (unpaired) electrons. The third-order valence-electron chi connectivity index (χ3n) is 2.60. The minimum atomic E-state index is -2.27. The fourth-order valence-electron chi connectivity index (χ4n) is 1.61. The number of hydrogen-bond donors (Lipinski definition) is 2. The Balaban J connectivity index is 2.87. The first kappa shape index (κ1) is 14.4. The summed E-state index contributed by atoms with van der Waals surface area (Å²) >= 11 is 5.64. The lowest BCUT2D eigenvalue weighted by atomic mass is 10.0. The molecule has 3 N–H and O–H groups in total. The highest BCUT2D eigenvalue weighted by Crippen LogP contribution is 2.39. The van der Waals surface area contributed by atoms with Crippen molar-refractivity contribution in [3.8, 4) is 16.9 Å². The van der Waals surface area contributed by atoms with Crippen LogP contribution < -0.4 is 5.73 Å². The Morgan fingerprint density at radius 3 is 1.80 bits per heavy atom. The lowest BCUT2D eigenvalue weighted by Gasteiger charge is -2.11. The third kappa shape index (κ3) is 2.03. The fraction of sp³-hybridized carbons (Fsp3) is 0. The van der Waals surface area contributed by atoms with Gasteiger partial charge in [-0.2, -0.15) is 0 Å². The molecule has 2 aromatic carbocycles. The molecule has 0 saturated heterocycles. The van der Waals surface area contributed by atoms with Crippen LogP contribution in [-0.4, -0.2) is 5.11 Å². The van der Waals surface area contributed by atoms with E-state index < -0.39 is 51.0 Å². The number of halogens is 6. The molecule has 20 heavy (non-hydrogen) atoms. The molecule has 0 aliphatic heterocycles. The maximum Gasteiger partial charge on any atom is 0.200 e. The number of aromatic hydroxyl groups is 1. The van der Waals surface area contributed by atoms with E-state index in [-0.39, 0.29) is 5.69 Å². The Labute approximate surface area is 114 Å². The molecule has 0 aliphatic rings. The van der Waals surface area contributed by atoms with Gasteiger partial charge in [0.05, 0.1) is 16.3 Å². The van der Waals surface area contributed by atoms with Gasteiger partial charge in [0, 0.05) is 11.6 Å². The van der Waals surface area contributed by atoms with Crippen molar-refractivity contribution < 1.29 is 27.1 Å². The van der Waals surface area contributed by atoms with Gasteiger partial charge in [-0.25, -0.2) is 22.0 Å². The van der Waals surface area contributed by atoms with Crippen LogP contribution in [0.15, 0.2) is 12.1 Å². The van der Waals surface area contributed by atoms with Crippen LogP contribution in [0.25, 0.3) is 11.1 Å². The lowest BCUT2D eigenvalue weighted by molar-refractivity contribution is 0.381. The monoisotopic (exact) mass is 309 g/mol. The van der Waals surface area contributed by atoms with Crippen molar-refractivity contribution in [3.05, 3.63) is 46.2 Å². The molecule has 0 amide bonds. The summed E-state index contributed by atoms with van der Waals surface area (Å²) in [5.74, 6) is -11.0. The van der Waals surface area contributed by atoms with E-state index >= 15 is 0 Å². The van der Waals surface area contributed by atoms with Gasteiger partial charge in [-0.15, -0.1) is 0 Å². The van der Waals surface area contributed by atoms with E-state index in [9.17, 15) is 27.1 Å². The average Bonchev–Trinajstić information content (AvgIpc) is 2.40. The van der Waals surface area contributed by atoms with Crippen LogP contribution in [0.3, 0.4) is 0 Å². The zero-order valence-electron chi connectivity index (χ0n) is 9.45. The van der Waals surface area contributed by atoms with Gasteiger partial charge in [0.2, 0.25) is 5.82 Å². The van der Waals surface area contributed by atoms with Gasteiger partial charge in [0.1, 0.15) is 5.75 Å². The molecule has 0 aromatic heterocycles. The molecule has 8 heteroatoms. The van der Waals surface area contributed by atoms with E-state index in [1.165, 1.54) is 0 Å². The maximum absolute atomic E-state index is 13.6. The second-order valence-corrected chi connectivity index (χ2v) is 4.24. The molecule has 2 nitrogen and oxygen atoms in total. The predicted octanol–water partition coefficient (Wildman–Crippen LogP) is 3.99.